The van der Waals surface area contributed by atoms with Gasteiger partial charge in [0.2, 0.25) is 0 Å². The van der Waals surface area contributed by atoms with Gasteiger partial charge < -0.3 is 9.47 Å². The largest absolute Gasteiger partial charge is 0.461 e. The molecule has 1 aromatic carbocycles. The Morgan fingerprint density at radius 1 is 1.28 bits per heavy atom. The highest BCUT2D eigenvalue weighted by Crippen LogP contribution is 2.28. The highest BCUT2D eigenvalue weighted by molar-refractivity contribution is 14.1. The fraction of sp³-hybridized carbons (Fsp3) is 0.429. The lowest BCUT2D eigenvalue weighted by Gasteiger charge is -2.24. The fourth-order valence-electron chi connectivity index (χ4n) is 1.52. The monoisotopic (exact) mass is 597 g/mol. The maximum Gasteiger partial charge on any atom is 0.423 e. The average molecular weight is 597 g/mol. The van der Waals surface area contributed by atoms with Crippen molar-refractivity contribution >= 4 is 73.3 Å². The molecule has 1 rings (SSSR count). The molecule has 0 aliphatic rings. The molecular formula is C14H17I2NO7S. The Labute approximate surface area is 173 Å². The van der Waals surface area contributed by atoms with Gasteiger partial charge in [0.25, 0.3) is 10.1 Å². The third-order valence-corrected chi connectivity index (χ3v) is 4.98. The molecule has 1 aromatic rings. The van der Waals surface area contributed by atoms with E-state index < -0.39 is 40.1 Å². The zero-order valence-corrected chi connectivity index (χ0v) is 18.8. The number of nitrogens with zero attached hydrogens (tertiary/aromatic N) is 1. The normalized spacial score (nSPS) is 11.8. The minimum atomic E-state index is -4.19. The van der Waals surface area contributed by atoms with Crippen molar-refractivity contribution in [3.05, 3.63) is 27.3 Å². The van der Waals surface area contributed by atoms with E-state index in [1.807, 2.05) is 22.6 Å². The first-order valence-corrected chi connectivity index (χ1v) is 10.6. The molecule has 0 aliphatic carbocycles. The standard InChI is InChI=1S/C14H17I2NO7S/c1-14(2,3)24-13(19)17(16)11-5-4-9(8-10(11)15)12(18)23-6-7-25(20,21)22/h4-5,8H,6-7H2,1-3H3,(H,20,21,22). The van der Waals surface area contributed by atoms with Gasteiger partial charge in [0.15, 0.2) is 0 Å². The quantitative estimate of drug-likeness (QED) is 0.240. The number of amides is 1. The topological polar surface area (TPSA) is 110 Å². The summed E-state index contributed by atoms with van der Waals surface area (Å²) in [6.07, 6.45) is -0.547. The number of ether oxygens (including phenoxy) is 2. The molecule has 0 atom stereocenters. The van der Waals surface area contributed by atoms with Crippen molar-refractivity contribution in [1.82, 2.24) is 0 Å². The third kappa shape index (κ3) is 8.04. The maximum absolute atomic E-state index is 12.1. The molecule has 1 N–H and O–H groups in total. The van der Waals surface area contributed by atoms with E-state index in [9.17, 15) is 18.0 Å². The molecule has 0 bridgehead atoms. The van der Waals surface area contributed by atoms with Crippen LogP contribution in [0.1, 0.15) is 31.1 Å². The Kier molecular flexibility index (Phi) is 7.89. The van der Waals surface area contributed by atoms with Crippen molar-refractivity contribution in [3.8, 4) is 0 Å². The van der Waals surface area contributed by atoms with Crippen LogP contribution < -0.4 is 3.11 Å². The lowest BCUT2D eigenvalue weighted by atomic mass is 10.2. The van der Waals surface area contributed by atoms with Crippen LogP contribution >= 0.6 is 45.5 Å². The van der Waals surface area contributed by atoms with Crippen molar-refractivity contribution in [2.24, 2.45) is 0 Å². The summed E-state index contributed by atoms with van der Waals surface area (Å²) in [7, 11) is -4.19. The molecule has 0 saturated carbocycles. The van der Waals surface area contributed by atoms with Crippen molar-refractivity contribution in [2.75, 3.05) is 15.5 Å². The van der Waals surface area contributed by atoms with E-state index in [0.29, 0.717) is 9.26 Å². The van der Waals surface area contributed by atoms with E-state index in [1.54, 1.807) is 49.7 Å². The van der Waals surface area contributed by atoms with Gasteiger partial charge >= 0.3 is 12.1 Å². The Morgan fingerprint density at radius 3 is 2.36 bits per heavy atom. The van der Waals surface area contributed by atoms with Gasteiger partial charge in [-0.25, -0.2) is 12.7 Å². The van der Waals surface area contributed by atoms with E-state index in [4.69, 9.17) is 14.0 Å². The van der Waals surface area contributed by atoms with Crippen LogP contribution in [0.3, 0.4) is 0 Å². The van der Waals surface area contributed by atoms with Gasteiger partial charge in [0.05, 0.1) is 34.1 Å². The van der Waals surface area contributed by atoms with Gasteiger partial charge in [0, 0.05) is 3.57 Å². The second kappa shape index (κ2) is 8.81. The van der Waals surface area contributed by atoms with Crippen molar-refractivity contribution in [1.29, 1.82) is 0 Å². The van der Waals surface area contributed by atoms with E-state index >= 15 is 0 Å². The number of benzene rings is 1. The van der Waals surface area contributed by atoms with Gasteiger partial charge in [-0.3, -0.25) is 4.55 Å². The highest BCUT2D eigenvalue weighted by atomic mass is 127. The molecule has 0 spiro atoms. The first-order chi connectivity index (χ1) is 11.3. The van der Waals surface area contributed by atoms with Gasteiger partial charge in [-0.05, 0) is 61.6 Å². The van der Waals surface area contributed by atoms with Crippen LogP contribution in [-0.2, 0) is 19.6 Å². The Hall–Kier alpha value is -0.670. The molecule has 0 saturated heterocycles. The summed E-state index contributed by atoms with van der Waals surface area (Å²) in [6, 6.07) is 4.50. The molecule has 0 aromatic heterocycles. The molecule has 0 unspecified atom stereocenters. The van der Waals surface area contributed by atoms with Crippen molar-refractivity contribution in [2.45, 2.75) is 26.4 Å². The predicted molar refractivity (Wildman–Crippen MR) is 109 cm³/mol. The summed E-state index contributed by atoms with van der Waals surface area (Å²) in [5.74, 6) is -1.40. The molecule has 140 valence electrons. The molecule has 25 heavy (non-hydrogen) atoms. The summed E-state index contributed by atoms with van der Waals surface area (Å²) >= 11 is 3.76. The number of hydrogen-bond donors (Lipinski definition) is 1. The van der Waals surface area contributed by atoms with Crippen LogP contribution in [0.2, 0.25) is 0 Å². The summed E-state index contributed by atoms with van der Waals surface area (Å²) in [5, 5.41) is 0. The molecule has 8 nitrogen and oxygen atoms in total. The van der Waals surface area contributed by atoms with Crippen molar-refractivity contribution in [3.63, 3.8) is 0 Å². The second-order valence-corrected chi connectivity index (χ2v) is 9.55. The molecule has 1 amide bonds. The number of halogens is 2. The lowest BCUT2D eigenvalue weighted by molar-refractivity contribution is 0.0527. The van der Waals surface area contributed by atoms with Crippen LogP contribution in [0.25, 0.3) is 0 Å². The Bertz CT molecular complexity index is 759. The number of hydrogen-bond acceptors (Lipinski definition) is 6. The van der Waals surface area contributed by atoms with Crippen LogP contribution in [0.4, 0.5) is 10.5 Å². The third-order valence-electron chi connectivity index (χ3n) is 2.52. The lowest BCUT2D eigenvalue weighted by Crippen LogP contribution is -2.31. The fourth-order valence-corrected chi connectivity index (χ4v) is 3.55. The summed E-state index contributed by atoms with van der Waals surface area (Å²) in [6.45, 7) is 4.82. The second-order valence-electron chi connectivity index (χ2n) is 5.85. The number of rotatable bonds is 5. The minimum absolute atomic E-state index is 0.192. The number of carbonyl (C=O) groups excluding carboxylic acids is 2. The van der Waals surface area contributed by atoms with Crippen LogP contribution in [-0.4, -0.2) is 43.0 Å². The van der Waals surface area contributed by atoms with Gasteiger partial charge in [-0.15, -0.1) is 0 Å². The minimum Gasteiger partial charge on any atom is -0.461 e. The first-order valence-electron chi connectivity index (χ1n) is 6.91. The van der Waals surface area contributed by atoms with Crippen LogP contribution in [0.5, 0.6) is 0 Å². The van der Waals surface area contributed by atoms with Gasteiger partial charge in [-0.1, -0.05) is 0 Å². The smallest absolute Gasteiger partial charge is 0.423 e. The van der Waals surface area contributed by atoms with E-state index in [0.717, 1.165) is 0 Å². The average Bonchev–Trinajstić information content (AvgIpc) is 2.43. The van der Waals surface area contributed by atoms with E-state index in [2.05, 4.69) is 0 Å². The molecule has 11 heteroatoms. The summed E-state index contributed by atoms with van der Waals surface area (Å²) < 4.78 is 41.8. The molecule has 0 aliphatic heterocycles. The van der Waals surface area contributed by atoms with Gasteiger partial charge in [-0.2, -0.15) is 8.42 Å². The maximum atomic E-state index is 12.1. The van der Waals surface area contributed by atoms with Gasteiger partial charge in [0.1, 0.15) is 18.0 Å². The molecule has 0 fully saturated rings. The van der Waals surface area contributed by atoms with E-state index in [1.165, 1.54) is 15.2 Å². The Morgan fingerprint density at radius 2 is 1.88 bits per heavy atom. The van der Waals surface area contributed by atoms with Crippen molar-refractivity contribution < 1.29 is 32.0 Å². The van der Waals surface area contributed by atoms with Crippen LogP contribution in [0.15, 0.2) is 18.2 Å². The summed E-state index contributed by atoms with van der Waals surface area (Å²) in [5.41, 5.74) is 0.0883. The molecule has 0 heterocycles. The summed E-state index contributed by atoms with van der Waals surface area (Å²) in [4.78, 5) is 24.0. The number of anilines is 1. The Balaban J connectivity index is 2.82. The zero-order valence-electron chi connectivity index (χ0n) is 13.7. The zero-order chi connectivity index (χ0) is 19.4. The van der Waals surface area contributed by atoms with E-state index in [-0.39, 0.29) is 5.56 Å². The van der Waals surface area contributed by atoms with Crippen LogP contribution in [0, 0.1) is 3.57 Å². The number of esters is 1. The molecular weight excluding hydrogens is 580 g/mol. The predicted octanol–water partition coefficient (Wildman–Crippen LogP) is 3.43. The molecule has 0 radical (unpaired) electrons. The number of carbonyl (C=O) groups is 2. The first kappa shape index (κ1) is 22.4. The highest BCUT2D eigenvalue weighted by Gasteiger charge is 2.23. The SMILES string of the molecule is CC(C)(C)OC(=O)N(I)c1ccc(C(=O)OCCS(=O)(=O)O)cc1I.